The maximum absolute atomic E-state index is 6.79. The van der Waals surface area contributed by atoms with Gasteiger partial charge in [-0.15, -0.1) is 11.3 Å². The van der Waals surface area contributed by atoms with Gasteiger partial charge in [0.2, 0.25) is 0 Å². The minimum atomic E-state index is 0.599. The number of aromatic nitrogens is 3. The van der Waals surface area contributed by atoms with Crippen LogP contribution in [0.1, 0.15) is 0 Å². The summed E-state index contributed by atoms with van der Waals surface area (Å²) in [5.74, 6) is 1.86. The molecular formula is C45H27N3OS. The topological polar surface area (TPSA) is 51.8 Å². The first-order chi connectivity index (χ1) is 24.8. The molecule has 5 heteroatoms. The molecule has 0 saturated heterocycles. The Morgan fingerprint density at radius 1 is 0.380 bits per heavy atom. The SMILES string of the molecule is c1ccc(-c2nc(-c3ccccc3)nc(-c3ccc4c(c3)oc3c(-c5ccccc5-c5cccc6sc7ccccc7c56)cccc34)n2)cc1. The minimum absolute atomic E-state index is 0.599. The van der Waals surface area contributed by atoms with E-state index in [0.717, 1.165) is 49.8 Å². The fourth-order valence-electron chi connectivity index (χ4n) is 7.04. The van der Waals surface area contributed by atoms with Gasteiger partial charge < -0.3 is 4.42 Å². The van der Waals surface area contributed by atoms with Crippen molar-refractivity contribution in [2.45, 2.75) is 0 Å². The zero-order chi connectivity index (χ0) is 33.0. The molecule has 0 atom stereocenters. The Balaban J connectivity index is 1.14. The second-order valence-corrected chi connectivity index (χ2v) is 13.4. The van der Waals surface area contributed by atoms with E-state index >= 15 is 0 Å². The van der Waals surface area contributed by atoms with Gasteiger partial charge in [-0.25, -0.2) is 15.0 Å². The maximum atomic E-state index is 6.79. The third kappa shape index (κ3) is 4.71. The largest absolute Gasteiger partial charge is 0.455 e. The normalized spacial score (nSPS) is 11.6. The van der Waals surface area contributed by atoms with Gasteiger partial charge in [-0.1, -0.05) is 140 Å². The zero-order valence-electron chi connectivity index (χ0n) is 26.7. The fourth-order valence-corrected chi connectivity index (χ4v) is 8.17. The highest BCUT2D eigenvalue weighted by atomic mass is 32.1. The maximum Gasteiger partial charge on any atom is 0.164 e. The Hall–Kier alpha value is -6.43. The summed E-state index contributed by atoms with van der Waals surface area (Å²) in [6.07, 6.45) is 0. The van der Waals surface area contributed by atoms with E-state index in [2.05, 4.69) is 103 Å². The summed E-state index contributed by atoms with van der Waals surface area (Å²) in [6.45, 7) is 0. The Bertz CT molecular complexity index is 2820. The molecule has 7 aromatic carbocycles. The van der Waals surface area contributed by atoms with E-state index in [1.54, 1.807) is 0 Å². The third-order valence-corrected chi connectivity index (χ3v) is 10.5. The van der Waals surface area contributed by atoms with Crippen LogP contribution in [0.3, 0.4) is 0 Å². The molecule has 10 rings (SSSR count). The molecule has 0 bridgehead atoms. The lowest BCUT2D eigenvalue weighted by Gasteiger charge is -2.12. The molecule has 0 radical (unpaired) electrons. The van der Waals surface area contributed by atoms with E-state index < -0.39 is 0 Å². The lowest BCUT2D eigenvalue weighted by molar-refractivity contribution is 0.670. The van der Waals surface area contributed by atoms with Gasteiger partial charge in [-0.05, 0) is 41.0 Å². The summed E-state index contributed by atoms with van der Waals surface area (Å²) in [4.78, 5) is 14.8. The van der Waals surface area contributed by atoms with E-state index in [1.807, 2.05) is 72.0 Å². The monoisotopic (exact) mass is 657 g/mol. The first-order valence-corrected chi connectivity index (χ1v) is 17.4. The Morgan fingerprint density at radius 3 is 1.66 bits per heavy atom. The molecule has 3 heterocycles. The zero-order valence-corrected chi connectivity index (χ0v) is 27.6. The number of nitrogens with zero attached hydrogens (tertiary/aromatic N) is 3. The average Bonchev–Trinajstić information content (AvgIpc) is 3.77. The molecule has 3 aromatic heterocycles. The molecule has 50 heavy (non-hydrogen) atoms. The number of fused-ring (bicyclic) bond motifs is 6. The standard InChI is InChI=1S/C45H27N3OS/c1-3-13-28(14-4-1)43-46-44(29-15-5-2-6-16-29)48-45(47-43)30-25-26-33-36-22-11-21-35(42(36)49-38(33)27-30)32-18-8-7-17-31(32)34-20-12-24-40-41(34)37-19-9-10-23-39(37)50-40/h1-27H. The quantitative estimate of drug-likeness (QED) is 0.185. The van der Waals surface area contributed by atoms with E-state index in [1.165, 1.54) is 31.3 Å². The molecule has 0 aliphatic heterocycles. The van der Waals surface area contributed by atoms with Crippen LogP contribution in [-0.2, 0) is 0 Å². The van der Waals surface area contributed by atoms with Crippen LogP contribution < -0.4 is 0 Å². The highest BCUT2D eigenvalue weighted by molar-refractivity contribution is 7.25. The van der Waals surface area contributed by atoms with Crippen LogP contribution >= 0.6 is 11.3 Å². The minimum Gasteiger partial charge on any atom is -0.455 e. The Kier molecular flexibility index (Phi) is 6.64. The number of thiophene rings is 1. The number of hydrogen-bond donors (Lipinski definition) is 0. The predicted molar refractivity (Wildman–Crippen MR) is 207 cm³/mol. The number of furan rings is 1. The van der Waals surface area contributed by atoms with Crippen molar-refractivity contribution in [3.8, 4) is 56.4 Å². The molecule has 234 valence electrons. The Labute approximate surface area is 292 Å². The van der Waals surface area contributed by atoms with Crippen molar-refractivity contribution >= 4 is 53.4 Å². The molecular weight excluding hydrogens is 631 g/mol. The van der Waals surface area contributed by atoms with Crippen LogP contribution in [0.25, 0.3) is 98.5 Å². The Morgan fingerprint density at radius 2 is 0.920 bits per heavy atom. The first-order valence-electron chi connectivity index (χ1n) is 16.6. The molecule has 0 unspecified atom stereocenters. The van der Waals surface area contributed by atoms with Crippen molar-refractivity contribution in [2.24, 2.45) is 0 Å². The van der Waals surface area contributed by atoms with Crippen LogP contribution in [0, 0.1) is 0 Å². The second-order valence-electron chi connectivity index (χ2n) is 12.4. The molecule has 4 nitrogen and oxygen atoms in total. The second kappa shape index (κ2) is 11.6. The summed E-state index contributed by atoms with van der Waals surface area (Å²) >= 11 is 1.84. The molecule has 0 aliphatic carbocycles. The summed E-state index contributed by atoms with van der Waals surface area (Å²) < 4.78 is 9.38. The fraction of sp³-hybridized carbons (Fsp3) is 0. The molecule has 0 aliphatic rings. The van der Waals surface area contributed by atoms with Gasteiger partial charge >= 0.3 is 0 Å². The average molecular weight is 658 g/mol. The third-order valence-electron chi connectivity index (χ3n) is 9.37. The summed E-state index contributed by atoms with van der Waals surface area (Å²) in [5, 5.41) is 4.71. The molecule has 0 fully saturated rings. The number of para-hydroxylation sites is 1. The molecule has 10 aromatic rings. The van der Waals surface area contributed by atoms with Crippen molar-refractivity contribution in [2.75, 3.05) is 0 Å². The number of benzene rings is 7. The van der Waals surface area contributed by atoms with Gasteiger partial charge in [-0.2, -0.15) is 0 Å². The lowest BCUT2D eigenvalue weighted by Crippen LogP contribution is -2.00. The lowest BCUT2D eigenvalue weighted by atomic mass is 9.91. The molecule has 0 N–H and O–H groups in total. The highest BCUT2D eigenvalue weighted by Gasteiger charge is 2.19. The summed E-state index contributed by atoms with van der Waals surface area (Å²) in [5.41, 5.74) is 9.00. The van der Waals surface area contributed by atoms with Crippen LogP contribution in [0.5, 0.6) is 0 Å². The van der Waals surface area contributed by atoms with E-state index in [-0.39, 0.29) is 0 Å². The van der Waals surface area contributed by atoms with Crippen LogP contribution in [-0.4, -0.2) is 15.0 Å². The molecule has 0 spiro atoms. The smallest absolute Gasteiger partial charge is 0.164 e. The predicted octanol–water partition coefficient (Wildman–Crippen LogP) is 12.5. The van der Waals surface area contributed by atoms with Crippen molar-refractivity contribution in [1.29, 1.82) is 0 Å². The van der Waals surface area contributed by atoms with Crippen molar-refractivity contribution in [3.05, 3.63) is 164 Å². The first kappa shape index (κ1) is 28.6. The molecule has 0 amide bonds. The van der Waals surface area contributed by atoms with Crippen molar-refractivity contribution in [1.82, 2.24) is 15.0 Å². The van der Waals surface area contributed by atoms with Crippen molar-refractivity contribution in [3.63, 3.8) is 0 Å². The van der Waals surface area contributed by atoms with Crippen LogP contribution in [0.4, 0.5) is 0 Å². The summed E-state index contributed by atoms with van der Waals surface area (Å²) in [6, 6.07) is 56.8. The summed E-state index contributed by atoms with van der Waals surface area (Å²) in [7, 11) is 0. The van der Waals surface area contributed by atoms with Gasteiger partial charge in [0.05, 0.1) is 0 Å². The van der Waals surface area contributed by atoms with E-state index in [0.29, 0.717) is 17.5 Å². The van der Waals surface area contributed by atoms with Crippen LogP contribution in [0.15, 0.2) is 168 Å². The van der Waals surface area contributed by atoms with Gasteiger partial charge in [0.25, 0.3) is 0 Å². The van der Waals surface area contributed by atoms with Gasteiger partial charge in [-0.3, -0.25) is 0 Å². The number of hydrogen-bond acceptors (Lipinski definition) is 5. The molecule has 0 saturated carbocycles. The van der Waals surface area contributed by atoms with Gasteiger partial charge in [0.15, 0.2) is 17.5 Å². The van der Waals surface area contributed by atoms with Crippen molar-refractivity contribution < 1.29 is 4.42 Å². The number of rotatable bonds is 5. The highest BCUT2D eigenvalue weighted by Crippen LogP contribution is 2.45. The van der Waals surface area contributed by atoms with E-state index in [9.17, 15) is 0 Å². The van der Waals surface area contributed by atoms with Crippen LogP contribution in [0.2, 0.25) is 0 Å². The van der Waals surface area contributed by atoms with Gasteiger partial charge in [0.1, 0.15) is 11.2 Å². The van der Waals surface area contributed by atoms with Gasteiger partial charge in [0, 0.05) is 53.2 Å². The van der Waals surface area contributed by atoms with E-state index in [4.69, 9.17) is 19.4 Å².